The molecule has 0 radical (unpaired) electrons. The fraction of sp³-hybridized carbons (Fsp3) is 0.529. The lowest BCUT2D eigenvalue weighted by molar-refractivity contribution is -0.148. The molecule has 3 nitrogen and oxygen atoms in total. The molecule has 0 amide bonds. The predicted octanol–water partition coefficient (Wildman–Crippen LogP) is 7.77. The van der Waals surface area contributed by atoms with Crippen molar-refractivity contribution in [3.8, 4) is 0 Å². The normalized spacial score (nSPS) is 38.5. The van der Waals surface area contributed by atoms with E-state index in [-0.39, 0.29) is 34.7 Å². The molecule has 0 aliphatic heterocycles. The van der Waals surface area contributed by atoms with Gasteiger partial charge in [0, 0.05) is 24.8 Å². The van der Waals surface area contributed by atoms with Crippen molar-refractivity contribution in [3.63, 3.8) is 0 Å². The van der Waals surface area contributed by atoms with Gasteiger partial charge in [-0.1, -0.05) is 86.2 Å². The van der Waals surface area contributed by atoms with Crippen molar-refractivity contribution in [1.29, 1.82) is 0 Å². The summed E-state index contributed by atoms with van der Waals surface area (Å²) in [5.41, 5.74) is 3.89. The minimum Gasteiger partial charge on any atom is -0.462 e. The van der Waals surface area contributed by atoms with Crippen molar-refractivity contribution >= 4 is 11.8 Å². The third-order valence-electron chi connectivity index (χ3n) is 11.0. The average molecular weight is 497 g/mol. The van der Waals surface area contributed by atoms with Gasteiger partial charge in [0.2, 0.25) is 0 Å². The molecule has 3 fully saturated rings. The highest BCUT2D eigenvalue weighted by atomic mass is 16.5. The topological polar surface area (TPSA) is 43.4 Å². The van der Waals surface area contributed by atoms with Gasteiger partial charge in [0.05, 0.1) is 0 Å². The number of benzene rings is 2. The summed E-state index contributed by atoms with van der Waals surface area (Å²) in [6.45, 7) is 6.46. The highest BCUT2D eigenvalue weighted by Gasteiger charge is 2.62. The van der Waals surface area contributed by atoms with E-state index < -0.39 is 0 Å². The van der Waals surface area contributed by atoms with Crippen LogP contribution in [0, 0.1) is 34.5 Å². The molecule has 0 spiro atoms. The molecule has 4 aliphatic rings. The predicted molar refractivity (Wildman–Crippen MR) is 146 cm³/mol. The zero-order valence-electron chi connectivity index (χ0n) is 22.5. The molecule has 3 saturated carbocycles. The van der Waals surface area contributed by atoms with Crippen LogP contribution in [0.2, 0.25) is 0 Å². The molecule has 6 rings (SSSR count). The maximum absolute atomic E-state index is 14.2. The third-order valence-corrected chi connectivity index (χ3v) is 11.0. The minimum absolute atomic E-state index is 0.00520. The Morgan fingerprint density at radius 3 is 2.30 bits per heavy atom. The quantitative estimate of drug-likeness (QED) is 0.247. The van der Waals surface area contributed by atoms with Gasteiger partial charge >= 0.3 is 5.97 Å². The molecule has 0 saturated heterocycles. The van der Waals surface area contributed by atoms with E-state index in [2.05, 4.69) is 50.3 Å². The van der Waals surface area contributed by atoms with E-state index in [1.54, 1.807) is 0 Å². The highest BCUT2D eigenvalue weighted by molar-refractivity contribution is 5.99. The van der Waals surface area contributed by atoms with Crippen LogP contribution < -0.4 is 0 Å². The molecule has 8 atom stereocenters. The second-order valence-corrected chi connectivity index (χ2v) is 12.7. The summed E-state index contributed by atoms with van der Waals surface area (Å²) in [5, 5.41) is 0. The molecular formula is C34H40O3. The Balaban J connectivity index is 1.35. The van der Waals surface area contributed by atoms with Gasteiger partial charge < -0.3 is 4.74 Å². The molecule has 37 heavy (non-hydrogen) atoms. The number of esters is 1. The summed E-state index contributed by atoms with van der Waals surface area (Å²) < 4.78 is 5.63. The van der Waals surface area contributed by atoms with Crippen LogP contribution in [-0.2, 0) is 9.53 Å². The van der Waals surface area contributed by atoms with Crippen molar-refractivity contribution in [2.75, 3.05) is 0 Å². The van der Waals surface area contributed by atoms with Crippen LogP contribution in [0.1, 0.15) is 87.6 Å². The number of rotatable bonds is 4. The Morgan fingerprint density at radius 1 is 0.892 bits per heavy atom. The van der Waals surface area contributed by atoms with Crippen LogP contribution in [-0.4, -0.2) is 17.9 Å². The maximum atomic E-state index is 14.2. The summed E-state index contributed by atoms with van der Waals surface area (Å²) in [7, 11) is 0. The summed E-state index contributed by atoms with van der Waals surface area (Å²) in [4.78, 5) is 25.8. The number of ether oxygens (including phenoxy) is 1. The lowest BCUT2D eigenvalue weighted by Crippen LogP contribution is -2.51. The van der Waals surface area contributed by atoms with Crippen LogP contribution in [0.15, 0.2) is 72.3 Å². The Kier molecular flexibility index (Phi) is 6.17. The van der Waals surface area contributed by atoms with Crippen molar-refractivity contribution < 1.29 is 14.3 Å². The average Bonchev–Trinajstić information content (AvgIpc) is 3.22. The van der Waals surface area contributed by atoms with E-state index in [1.165, 1.54) is 24.5 Å². The van der Waals surface area contributed by atoms with Crippen molar-refractivity contribution in [3.05, 3.63) is 83.4 Å². The van der Waals surface area contributed by atoms with Gasteiger partial charge in [-0.2, -0.15) is 0 Å². The van der Waals surface area contributed by atoms with Crippen LogP contribution >= 0.6 is 0 Å². The molecule has 2 aromatic rings. The van der Waals surface area contributed by atoms with E-state index in [0.29, 0.717) is 23.5 Å². The van der Waals surface area contributed by atoms with Gasteiger partial charge in [-0.15, -0.1) is 0 Å². The first-order valence-corrected chi connectivity index (χ1v) is 14.3. The number of hydrogen-bond donors (Lipinski definition) is 0. The molecule has 0 aromatic heterocycles. The van der Waals surface area contributed by atoms with Gasteiger partial charge in [-0.25, -0.2) is 0 Å². The van der Waals surface area contributed by atoms with Gasteiger partial charge in [0.1, 0.15) is 6.10 Å². The van der Waals surface area contributed by atoms with Gasteiger partial charge in [-0.05, 0) is 78.6 Å². The number of carbonyl (C=O) groups excluding carboxylic acids is 2. The summed E-state index contributed by atoms with van der Waals surface area (Å²) in [6.07, 6.45) is 9.97. The zero-order chi connectivity index (χ0) is 25.8. The summed E-state index contributed by atoms with van der Waals surface area (Å²) in [5.74, 6) is 2.24. The van der Waals surface area contributed by atoms with E-state index in [0.717, 1.165) is 44.1 Å². The monoisotopic (exact) mass is 496 g/mol. The number of fused-ring (bicyclic) bond motifs is 5. The molecule has 3 heteroatoms. The van der Waals surface area contributed by atoms with E-state index in [9.17, 15) is 9.59 Å². The third kappa shape index (κ3) is 4.01. The SMILES string of the molecule is CC(=O)O[C@@H]1CC[C@]2(C)C(=CC[C@H]3[C@H]4C[C@@H](c5ccccc5)[C@H](C(=O)c5ccccc5)[C@]4(C)CC[C@H]32)C1. The van der Waals surface area contributed by atoms with Gasteiger partial charge in [0.15, 0.2) is 5.78 Å². The standard InChI is InChI=1S/C34H40O3/c1-22(35)37-26-16-18-33(2)25(20-26)14-15-27-29(33)17-19-34(3)30(27)21-28(23-10-6-4-7-11-23)31(34)32(36)24-12-8-5-9-13-24/h4-14,26-31H,15-21H2,1-3H3/t26-,27-,28+,29-,30-,31-,33-,34-/m1/s1. The first-order valence-electron chi connectivity index (χ1n) is 14.3. The lowest BCUT2D eigenvalue weighted by atomic mass is 9.47. The largest absolute Gasteiger partial charge is 0.462 e. The molecule has 2 aromatic carbocycles. The van der Waals surface area contributed by atoms with Gasteiger partial charge in [0.25, 0.3) is 0 Å². The number of ketones is 1. The summed E-state index contributed by atoms with van der Waals surface area (Å²) in [6, 6.07) is 20.8. The number of hydrogen-bond acceptors (Lipinski definition) is 3. The fourth-order valence-corrected chi connectivity index (χ4v) is 9.30. The molecule has 4 aliphatic carbocycles. The number of Topliss-reactive ketones (excluding diaryl/α,β-unsaturated/α-hetero) is 1. The zero-order valence-corrected chi connectivity index (χ0v) is 22.5. The first kappa shape index (κ1) is 24.6. The van der Waals surface area contributed by atoms with Crippen LogP contribution in [0.25, 0.3) is 0 Å². The molecule has 0 N–H and O–H groups in total. The Labute approximate surface area is 221 Å². The first-order chi connectivity index (χ1) is 17.8. The van der Waals surface area contributed by atoms with E-state index >= 15 is 0 Å². The molecule has 0 bridgehead atoms. The van der Waals surface area contributed by atoms with E-state index in [4.69, 9.17) is 4.74 Å². The number of allylic oxidation sites excluding steroid dienone is 1. The van der Waals surface area contributed by atoms with Crippen molar-refractivity contribution in [2.45, 2.75) is 77.7 Å². The van der Waals surface area contributed by atoms with Crippen LogP contribution in [0.4, 0.5) is 0 Å². The van der Waals surface area contributed by atoms with Crippen LogP contribution in [0.3, 0.4) is 0 Å². The minimum atomic E-state index is -0.164. The number of carbonyl (C=O) groups is 2. The maximum Gasteiger partial charge on any atom is 0.302 e. The molecule has 194 valence electrons. The van der Waals surface area contributed by atoms with E-state index in [1.807, 2.05) is 30.3 Å². The molecular weight excluding hydrogens is 456 g/mol. The Hall–Kier alpha value is -2.68. The summed E-state index contributed by atoms with van der Waals surface area (Å²) >= 11 is 0. The Morgan fingerprint density at radius 2 is 1.59 bits per heavy atom. The highest BCUT2D eigenvalue weighted by Crippen LogP contribution is 2.69. The lowest BCUT2D eigenvalue weighted by Gasteiger charge is -2.58. The fourth-order valence-electron chi connectivity index (χ4n) is 9.30. The van der Waals surface area contributed by atoms with Gasteiger partial charge in [-0.3, -0.25) is 9.59 Å². The van der Waals surface area contributed by atoms with Crippen molar-refractivity contribution in [1.82, 2.24) is 0 Å². The molecule has 0 unspecified atom stereocenters. The second kappa shape index (κ2) is 9.26. The molecule has 0 heterocycles. The smallest absolute Gasteiger partial charge is 0.302 e. The second-order valence-electron chi connectivity index (χ2n) is 12.7. The Bertz CT molecular complexity index is 1200. The van der Waals surface area contributed by atoms with Crippen molar-refractivity contribution in [2.24, 2.45) is 34.5 Å². The van der Waals surface area contributed by atoms with Crippen LogP contribution in [0.5, 0.6) is 0 Å².